The van der Waals surface area contributed by atoms with Gasteiger partial charge in [-0.1, -0.05) is 18.2 Å². The van der Waals surface area contributed by atoms with E-state index in [1.807, 2.05) is 0 Å². The fourth-order valence-corrected chi connectivity index (χ4v) is 3.44. The number of carbonyl (C=O) groups is 1. The SMILES string of the molecule is CC(C(=O)N1CCN(Cc2cccc(C(F)(F)F)c2)CC1)n1cc(Br)cn1. The number of piperazine rings is 1. The maximum atomic E-state index is 12.8. The largest absolute Gasteiger partial charge is 0.416 e. The van der Waals surface area contributed by atoms with E-state index in [1.165, 1.54) is 12.1 Å². The molecule has 1 unspecified atom stereocenters. The Kier molecular flexibility index (Phi) is 5.90. The summed E-state index contributed by atoms with van der Waals surface area (Å²) in [6.07, 6.45) is -0.942. The van der Waals surface area contributed by atoms with Gasteiger partial charge in [0.2, 0.25) is 5.91 Å². The molecule has 1 atom stereocenters. The smallest absolute Gasteiger partial charge is 0.338 e. The number of carbonyl (C=O) groups excluding carboxylic acids is 1. The van der Waals surface area contributed by atoms with Crippen molar-refractivity contribution < 1.29 is 18.0 Å². The van der Waals surface area contributed by atoms with E-state index in [4.69, 9.17) is 0 Å². The van der Waals surface area contributed by atoms with Crippen LogP contribution >= 0.6 is 15.9 Å². The third-order valence-corrected chi connectivity index (χ3v) is 5.08. The summed E-state index contributed by atoms with van der Waals surface area (Å²) >= 11 is 3.32. The Bertz CT molecular complexity index is 800. The van der Waals surface area contributed by atoms with E-state index in [1.54, 1.807) is 35.0 Å². The molecular weight excluding hydrogens is 425 g/mol. The Hall–Kier alpha value is -1.87. The Morgan fingerprint density at radius 2 is 1.96 bits per heavy atom. The number of alkyl halides is 3. The van der Waals surface area contributed by atoms with Crippen LogP contribution in [0.5, 0.6) is 0 Å². The van der Waals surface area contributed by atoms with Gasteiger partial charge in [-0.3, -0.25) is 14.4 Å². The van der Waals surface area contributed by atoms with Gasteiger partial charge in [0.15, 0.2) is 0 Å². The summed E-state index contributed by atoms with van der Waals surface area (Å²) in [6, 6.07) is 5.00. The highest BCUT2D eigenvalue weighted by atomic mass is 79.9. The first-order chi connectivity index (χ1) is 12.7. The molecule has 5 nitrogen and oxygen atoms in total. The molecule has 0 N–H and O–H groups in total. The van der Waals surface area contributed by atoms with Gasteiger partial charge in [0, 0.05) is 38.9 Å². The predicted octanol–water partition coefficient (Wildman–Crippen LogP) is 3.57. The molecule has 1 aromatic heterocycles. The zero-order valence-electron chi connectivity index (χ0n) is 14.8. The first kappa shape index (κ1) is 19.9. The van der Waals surface area contributed by atoms with Crippen LogP contribution in [0, 0.1) is 0 Å². The summed E-state index contributed by atoms with van der Waals surface area (Å²) in [7, 11) is 0. The number of hydrogen-bond donors (Lipinski definition) is 0. The minimum atomic E-state index is -4.33. The third-order valence-electron chi connectivity index (χ3n) is 4.67. The fraction of sp³-hybridized carbons (Fsp3) is 0.444. The average Bonchev–Trinajstić information content (AvgIpc) is 3.07. The highest BCUT2D eigenvalue weighted by molar-refractivity contribution is 9.10. The van der Waals surface area contributed by atoms with Gasteiger partial charge in [-0.05, 0) is 34.5 Å². The maximum Gasteiger partial charge on any atom is 0.416 e. The molecule has 146 valence electrons. The molecule has 0 spiro atoms. The van der Waals surface area contributed by atoms with Gasteiger partial charge in [0.25, 0.3) is 0 Å². The van der Waals surface area contributed by atoms with E-state index in [9.17, 15) is 18.0 Å². The number of amides is 1. The monoisotopic (exact) mass is 444 g/mol. The first-order valence-corrected chi connectivity index (χ1v) is 9.40. The van der Waals surface area contributed by atoms with Crippen LogP contribution in [0.3, 0.4) is 0 Å². The van der Waals surface area contributed by atoms with Crippen molar-refractivity contribution in [2.75, 3.05) is 26.2 Å². The summed E-state index contributed by atoms with van der Waals surface area (Å²) in [4.78, 5) is 16.5. The van der Waals surface area contributed by atoms with Crippen molar-refractivity contribution in [3.63, 3.8) is 0 Å². The highest BCUT2D eigenvalue weighted by Crippen LogP contribution is 2.29. The minimum Gasteiger partial charge on any atom is -0.338 e. The summed E-state index contributed by atoms with van der Waals surface area (Å²) in [5, 5.41) is 4.15. The van der Waals surface area contributed by atoms with Crippen LogP contribution in [0.25, 0.3) is 0 Å². The standard InChI is InChI=1S/C18H20BrF3N4O/c1-13(26-12-16(19)10-23-26)17(27)25-7-5-24(6-8-25)11-14-3-2-4-15(9-14)18(20,21)22/h2-4,9-10,12-13H,5-8,11H2,1H3. The summed E-state index contributed by atoms with van der Waals surface area (Å²) < 4.78 is 40.9. The van der Waals surface area contributed by atoms with Gasteiger partial charge in [-0.25, -0.2) is 0 Å². The highest BCUT2D eigenvalue weighted by Gasteiger charge is 2.31. The normalized spacial score (nSPS) is 17.1. The topological polar surface area (TPSA) is 41.4 Å². The van der Waals surface area contributed by atoms with Crippen LogP contribution in [0.1, 0.15) is 24.1 Å². The Balaban J connectivity index is 1.55. The minimum absolute atomic E-state index is 0.00989. The van der Waals surface area contributed by atoms with Crippen LogP contribution in [-0.4, -0.2) is 51.7 Å². The molecule has 1 amide bonds. The summed E-state index contributed by atoms with van der Waals surface area (Å²) in [5.74, 6) is -0.00989. The zero-order valence-corrected chi connectivity index (χ0v) is 16.4. The molecule has 27 heavy (non-hydrogen) atoms. The van der Waals surface area contributed by atoms with E-state index in [-0.39, 0.29) is 5.91 Å². The molecule has 0 saturated carbocycles. The average molecular weight is 445 g/mol. The van der Waals surface area contributed by atoms with E-state index >= 15 is 0 Å². The molecule has 0 radical (unpaired) electrons. The van der Waals surface area contributed by atoms with E-state index in [2.05, 4.69) is 25.9 Å². The van der Waals surface area contributed by atoms with Crippen molar-refractivity contribution in [3.8, 4) is 0 Å². The van der Waals surface area contributed by atoms with Crippen LogP contribution in [0.4, 0.5) is 13.2 Å². The van der Waals surface area contributed by atoms with E-state index < -0.39 is 17.8 Å². The molecule has 2 aromatic rings. The van der Waals surface area contributed by atoms with E-state index in [0.29, 0.717) is 38.3 Å². The zero-order chi connectivity index (χ0) is 19.6. The molecule has 1 fully saturated rings. The predicted molar refractivity (Wildman–Crippen MR) is 97.9 cm³/mol. The fourth-order valence-electron chi connectivity index (χ4n) is 3.13. The summed E-state index contributed by atoms with van der Waals surface area (Å²) in [6.45, 7) is 4.58. The number of halogens is 4. The van der Waals surface area contributed by atoms with Gasteiger partial charge in [-0.2, -0.15) is 18.3 Å². The number of aromatic nitrogens is 2. The molecule has 1 saturated heterocycles. The number of nitrogens with zero attached hydrogens (tertiary/aromatic N) is 4. The van der Waals surface area contributed by atoms with Crippen LogP contribution in [0.15, 0.2) is 41.1 Å². The lowest BCUT2D eigenvalue weighted by atomic mass is 10.1. The van der Waals surface area contributed by atoms with Crippen molar-refractivity contribution in [2.45, 2.75) is 25.7 Å². The lowest BCUT2D eigenvalue weighted by Crippen LogP contribution is -2.49. The van der Waals surface area contributed by atoms with Crippen LogP contribution in [-0.2, 0) is 17.5 Å². The Labute approximate surface area is 163 Å². The van der Waals surface area contributed by atoms with E-state index in [0.717, 1.165) is 10.5 Å². The third kappa shape index (κ3) is 4.90. The maximum absolute atomic E-state index is 12.8. The van der Waals surface area contributed by atoms with Gasteiger partial charge >= 0.3 is 6.18 Å². The van der Waals surface area contributed by atoms with Gasteiger partial charge in [-0.15, -0.1) is 0 Å². The van der Waals surface area contributed by atoms with Crippen molar-refractivity contribution in [2.24, 2.45) is 0 Å². The Morgan fingerprint density at radius 1 is 1.26 bits per heavy atom. The van der Waals surface area contributed by atoms with Crippen LogP contribution < -0.4 is 0 Å². The second kappa shape index (κ2) is 8.02. The molecule has 1 aromatic carbocycles. The van der Waals surface area contributed by atoms with Gasteiger partial charge in [0.05, 0.1) is 16.2 Å². The molecular formula is C18H20BrF3N4O. The van der Waals surface area contributed by atoms with Crippen molar-refractivity contribution in [1.29, 1.82) is 0 Å². The number of benzene rings is 1. The van der Waals surface area contributed by atoms with Gasteiger partial charge < -0.3 is 4.90 Å². The quantitative estimate of drug-likeness (QED) is 0.723. The molecule has 0 bridgehead atoms. The molecule has 1 aliphatic rings. The van der Waals surface area contributed by atoms with Crippen molar-refractivity contribution in [1.82, 2.24) is 19.6 Å². The van der Waals surface area contributed by atoms with Gasteiger partial charge in [0.1, 0.15) is 6.04 Å². The van der Waals surface area contributed by atoms with Crippen molar-refractivity contribution in [3.05, 3.63) is 52.3 Å². The Morgan fingerprint density at radius 3 is 2.56 bits per heavy atom. The molecule has 3 rings (SSSR count). The van der Waals surface area contributed by atoms with Crippen molar-refractivity contribution >= 4 is 21.8 Å². The lowest BCUT2D eigenvalue weighted by molar-refractivity contribution is -0.138. The molecule has 2 heterocycles. The molecule has 9 heteroatoms. The number of hydrogen-bond acceptors (Lipinski definition) is 3. The summed E-state index contributed by atoms with van der Waals surface area (Å²) in [5.41, 5.74) is -0.00705. The second-order valence-corrected chi connectivity index (χ2v) is 7.53. The second-order valence-electron chi connectivity index (χ2n) is 6.61. The van der Waals surface area contributed by atoms with Crippen LogP contribution in [0.2, 0.25) is 0 Å². The molecule has 1 aliphatic heterocycles. The first-order valence-electron chi connectivity index (χ1n) is 8.61. The lowest BCUT2D eigenvalue weighted by Gasteiger charge is -2.36. The molecule has 0 aliphatic carbocycles. The number of rotatable bonds is 4.